The van der Waals surface area contributed by atoms with Crippen LogP contribution >= 0.6 is 11.8 Å². The van der Waals surface area contributed by atoms with Gasteiger partial charge in [0.1, 0.15) is 11.6 Å². The van der Waals surface area contributed by atoms with Gasteiger partial charge in [0.25, 0.3) is 0 Å². The average molecular weight is 593 g/mol. The van der Waals surface area contributed by atoms with Gasteiger partial charge in [-0.1, -0.05) is 18.7 Å². The number of amides is 1. The fraction of sp³-hybridized carbons (Fsp3) is 0.393. The largest absolute Gasteiger partial charge is 0.417 e. The zero-order valence-electron chi connectivity index (χ0n) is 22.2. The van der Waals surface area contributed by atoms with Gasteiger partial charge in [0, 0.05) is 54.9 Å². The van der Waals surface area contributed by atoms with Crippen molar-refractivity contribution in [2.45, 2.75) is 23.7 Å². The van der Waals surface area contributed by atoms with Crippen LogP contribution in [0.15, 0.2) is 52.7 Å². The molecule has 0 N–H and O–H groups in total. The molecular weight excluding hydrogens is 564 g/mol. The van der Waals surface area contributed by atoms with Crippen LogP contribution in [-0.4, -0.2) is 78.7 Å². The monoisotopic (exact) mass is 592 g/mol. The van der Waals surface area contributed by atoms with Crippen molar-refractivity contribution in [3.05, 3.63) is 64.9 Å². The fourth-order valence-electron chi connectivity index (χ4n) is 5.17. The number of carbonyl (C=O) groups is 1. The fourth-order valence-corrected chi connectivity index (χ4v) is 6.45. The van der Waals surface area contributed by atoms with Crippen LogP contribution in [-0.2, 0) is 27.0 Å². The number of anilines is 1. The predicted octanol–water partition coefficient (Wildman–Crippen LogP) is 4.19. The molecule has 5 rings (SSSR count). The number of carbonyl (C=O) groups excluding carboxylic acids is 1. The van der Waals surface area contributed by atoms with E-state index in [9.17, 15) is 27.2 Å². The number of halogens is 4. The minimum absolute atomic E-state index is 0.0855. The Balaban J connectivity index is 1.73. The van der Waals surface area contributed by atoms with Gasteiger partial charge in [-0.15, -0.1) is 11.8 Å². The summed E-state index contributed by atoms with van der Waals surface area (Å²) in [6.07, 6.45) is -4.05. The second-order valence-electron chi connectivity index (χ2n) is 9.67. The first-order chi connectivity index (χ1) is 19.6. The lowest BCUT2D eigenvalue weighted by molar-refractivity contribution is -0.137. The van der Waals surface area contributed by atoms with Crippen molar-refractivity contribution in [1.29, 1.82) is 0 Å². The van der Waals surface area contributed by atoms with Crippen LogP contribution in [0.1, 0.15) is 5.56 Å². The van der Waals surface area contributed by atoms with Crippen molar-refractivity contribution in [2.24, 2.45) is 0 Å². The predicted molar refractivity (Wildman–Crippen MR) is 148 cm³/mol. The third kappa shape index (κ3) is 5.84. The van der Waals surface area contributed by atoms with Crippen molar-refractivity contribution in [1.82, 2.24) is 14.5 Å². The standard InChI is InChI=1S/C28H28F4N4O4S/c1-3-22(37)34-8-10-35(11-9-34)26-20-14-21(28(30,31)32)23(17-4-6-18(29)7-5-17)25-24(20)36(27(38)33-26)15-19(16-41-25)40-13-12-39-2/h3-7,14,19H,1,8-13,15-16H2,2H3. The second-order valence-corrected chi connectivity index (χ2v) is 10.7. The van der Waals surface area contributed by atoms with Gasteiger partial charge in [-0.25, -0.2) is 9.18 Å². The summed E-state index contributed by atoms with van der Waals surface area (Å²) in [7, 11) is 1.53. The summed E-state index contributed by atoms with van der Waals surface area (Å²) >= 11 is 1.17. The Hall–Kier alpha value is -3.42. The molecule has 218 valence electrons. The molecule has 2 aliphatic heterocycles. The molecule has 1 amide bonds. The van der Waals surface area contributed by atoms with Gasteiger partial charge in [-0.2, -0.15) is 18.2 Å². The number of benzene rings is 2. The summed E-state index contributed by atoms with van der Waals surface area (Å²) in [6, 6.07) is 5.87. The Morgan fingerprint density at radius 3 is 2.51 bits per heavy atom. The van der Waals surface area contributed by atoms with Gasteiger partial charge in [-0.05, 0) is 29.8 Å². The van der Waals surface area contributed by atoms with Crippen molar-refractivity contribution in [2.75, 3.05) is 57.2 Å². The summed E-state index contributed by atoms with van der Waals surface area (Å²) in [5.41, 5.74) is -1.16. The number of methoxy groups -OCH3 is 1. The number of hydrogen-bond acceptors (Lipinski definition) is 7. The lowest BCUT2D eigenvalue weighted by Gasteiger charge is -2.35. The Labute approximate surface area is 237 Å². The summed E-state index contributed by atoms with van der Waals surface area (Å²) in [6.45, 7) is 5.30. The minimum Gasteiger partial charge on any atom is -0.382 e. The van der Waals surface area contributed by atoms with Gasteiger partial charge in [0.15, 0.2) is 0 Å². The highest BCUT2D eigenvalue weighted by Crippen LogP contribution is 2.48. The lowest BCUT2D eigenvalue weighted by atomic mass is 9.96. The van der Waals surface area contributed by atoms with Gasteiger partial charge >= 0.3 is 11.9 Å². The molecule has 0 spiro atoms. The van der Waals surface area contributed by atoms with E-state index in [1.165, 1.54) is 41.6 Å². The number of hydrogen-bond donors (Lipinski definition) is 0. The molecule has 8 nitrogen and oxygen atoms in total. The van der Waals surface area contributed by atoms with E-state index < -0.39 is 29.4 Å². The molecule has 1 aromatic heterocycles. The molecular formula is C28H28F4N4O4S. The molecule has 3 heterocycles. The molecule has 1 fully saturated rings. The maximum atomic E-state index is 14.7. The summed E-state index contributed by atoms with van der Waals surface area (Å²) in [4.78, 5) is 33.4. The smallest absolute Gasteiger partial charge is 0.382 e. The van der Waals surface area contributed by atoms with Gasteiger partial charge in [0.05, 0.1) is 36.9 Å². The number of nitrogens with zero attached hydrogens (tertiary/aromatic N) is 4. The average Bonchev–Trinajstić information content (AvgIpc) is 3.15. The van der Waals surface area contributed by atoms with E-state index in [1.54, 1.807) is 9.80 Å². The SMILES string of the molecule is C=CC(=O)N1CCN(c2nc(=O)n3c4c(c(-c5ccc(F)cc5)c(C(F)(F)F)cc24)SCC(OCCOC)C3)CC1. The van der Waals surface area contributed by atoms with Crippen LogP contribution in [0, 0.1) is 5.82 Å². The molecule has 0 bridgehead atoms. The van der Waals surface area contributed by atoms with Crippen LogP contribution in [0.25, 0.3) is 22.0 Å². The quantitative estimate of drug-likeness (QED) is 0.231. The van der Waals surface area contributed by atoms with E-state index in [4.69, 9.17) is 9.47 Å². The van der Waals surface area contributed by atoms with E-state index >= 15 is 0 Å². The Bertz CT molecular complexity index is 1520. The van der Waals surface area contributed by atoms with E-state index in [2.05, 4.69) is 11.6 Å². The normalized spacial score (nSPS) is 17.5. The van der Waals surface area contributed by atoms with Gasteiger partial charge in [0.2, 0.25) is 5.91 Å². The molecule has 2 aliphatic rings. The van der Waals surface area contributed by atoms with Crippen molar-refractivity contribution < 1.29 is 31.8 Å². The molecule has 41 heavy (non-hydrogen) atoms. The molecule has 0 aliphatic carbocycles. The van der Waals surface area contributed by atoms with Crippen molar-refractivity contribution in [3.63, 3.8) is 0 Å². The van der Waals surface area contributed by atoms with Crippen LogP contribution in [0.4, 0.5) is 23.4 Å². The first kappa shape index (κ1) is 29.1. The maximum Gasteiger partial charge on any atom is 0.417 e. The third-order valence-corrected chi connectivity index (χ3v) is 8.37. The maximum absolute atomic E-state index is 14.7. The minimum atomic E-state index is -4.76. The number of piperazine rings is 1. The number of ether oxygens (including phenoxy) is 2. The van der Waals surface area contributed by atoms with E-state index in [-0.39, 0.29) is 65.1 Å². The van der Waals surface area contributed by atoms with Crippen LogP contribution in [0.5, 0.6) is 0 Å². The zero-order valence-corrected chi connectivity index (χ0v) is 23.1. The van der Waals surface area contributed by atoms with Gasteiger partial charge < -0.3 is 19.3 Å². The number of thioether (sulfide) groups is 1. The molecule has 3 aromatic rings. The summed E-state index contributed by atoms with van der Waals surface area (Å²) in [5, 5.41) is 0.173. The highest BCUT2D eigenvalue weighted by Gasteiger charge is 2.38. The topological polar surface area (TPSA) is 76.9 Å². The van der Waals surface area contributed by atoms with Crippen molar-refractivity contribution in [3.8, 4) is 11.1 Å². The molecule has 1 unspecified atom stereocenters. The second kappa shape index (κ2) is 11.8. The van der Waals surface area contributed by atoms with Crippen LogP contribution < -0.4 is 10.6 Å². The molecule has 2 aromatic carbocycles. The van der Waals surface area contributed by atoms with Crippen molar-refractivity contribution >= 4 is 34.4 Å². The lowest BCUT2D eigenvalue weighted by Crippen LogP contribution is -2.49. The number of alkyl halides is 3. The summed E-state index contributed by atoms with van der Waals surface area (Å²) < 4.78 is 70.3. The van der Waals surface area contributed by atoms with E-state index in [0.29, 0.717) is 25.2 Å². The number of rotatable bonds is 7. The highest BCUT2D eigenvalue weighted by molar-refractivity contribution is 7.99. The Morgan fingerprint density at radius 2 is 1.88 bits per heavy atom. The first-order valence-corrected chi connectivity index (χ1v) is 13.9. The molecule has 13 heteroatoms. The molecule has 1 atom stereocenters. The third-order valence-electron chi connectivity index (χ3n) is 7.14. The van der Waals surface area contributed by atoms with Crippen LogP contribution in [0.2, 0.25) is 0 Å². The zero-order chi connectivity index (χ0) is 29.3. The molecule has 0 saturated carbocycles. The summed E-state index contributed by atoms with van der Waals surface area (Å²) in [5.74, 6) is -0.424. The molecule has 1 saturated heterocycles. The number of aromatic nitrogens is 2. The highest BCUT2D eigenvalue weighted by atomic mass is 32.2. The molecule has 0 radical (unpaired) electrons. The van der Waals surface area contributed by atoms with E-state index in [1.807, 2.05) is 0 Å². The van der Waals surface area contributed by atoms with Gasteiger partial charge in [-0.3, -0.25) is 9.36 Å². The van der Waals surface area contributed by atoms with Crippen LogP contribution in [0.3, 0.4) is 0 Å². The Kier molecular flexibility index (Phi) is 8.39. The van der Waals surface area contributed by atoms with E-state index in [0.717, 1.165) is 18.2 Å². The first-order valence-electron chi connectivity index (χ1n) is 13.0. The Morgan fingerprint density at radius 1 is 1.17 bits per heavy atom.